The molecule has 1 aromatic carbocycles. The molecule has 2 aliphatic heterocycles. The van der Waals surface area contributed by atoms with Crippen LogP contribution in [0.4, 0.5) is 0 Å². The van der Waals surface area contributed by atoms with Crippen LogP contribution in [0.5, 0.6) is 5.75 Å². The van der Waals surface area contributed by atoms with Gasteiger partial charge in [-0.1, -0.05) is 18.2 Å². The first kappa shape index (κ1) is 14.4. The zero-order valence-electron chi connectivity index (χ0n) is 13.1. The second-order valence-electron chi connectivity index (χ2n) is 6.69. The molecular weight excluding hydrogens is 264 g/mol. The third-order valence-electron chi connectivity index (χ3n) is 4.42. The zero-order chi connectivity index (χ0) is 15.0. The molecule has 0 aliphatic carbocycles. The molecule has 1 N–H and O–H groups in total. The van der Waals surface area contributed by atoms with Gasteiger partial charge in [-0.05, 0) is 33.3 Å². The molecule has 1 saturated heterocycles. The number of nitrogens with zero attached hydrogens (tertiary/aromatic N) is 1. The minimum Gasteiger partial charge on any atom is -0.486 e. The molecule has 4 nitrogen and oxygen atoms in total. The van der Waals surface area contributed by atoms with Gasteiger partial charge in [-0.3, -0.25) is 4.79 Å². The second kappa shape index (κ2) is 5.34. The minimum absolute atomic E-state index is 0.154. The van der Waals surface area contributed by atoms with E-state index in [1.54, 1.807) is 0 Å². The third kappa shape index (κ3) is 2.77. The molecule has 2 atom stereocenters. The van der Waals surface area contributed by atoms with Gasteiger partial charge >= 0.3 is 0 Å². The van der Waals surface area contributed by atoms with E-state index in [2.05, 4.69) is 32.2 Å². The lowest BCUT2D eigenvalue weighted by Crippen LogP contribution is -2.47. The van der Waals surface area contributed by atoms with Crippen molar-refractivity contribution in [2.45, 2.75) is 51.3 Å². The molecule has 4 heteroatoms. The van der Waals surface area contributed by atoms with Crippen molar-refractivity contribution >= 4 is 5.91 Å². The summed E-state index contributed by atoms with van der Waals surface area (Å²) in [5.41, 5.74) is 0.939. The van der Waals surface area contributed by atoms with Crippen LogP contribution in [-0.2, 0) is 4.79 Å². The number of para-hydroxylation sites is 1. The Labute approximate surface area is 126 Å². The summed E-state index contributed by atoms with van der Waals surface area (Å²) in [6.07, 6.45) is 1.69. The number of carbonyl (C=O) groups is 1. The summed E-state index contributed by atoms with van der Waals surface area (Å²) < 4.78 is 6.06. The lowest BCUT2D eigenvalue weighted by atomic mass is 9.94. The first-order chi connectivity index (χ1) is 9.97. The summed E-state index contributed by atoms with van der Waals surface area (Å²) in [4.78, 5) is 13.7. The largest absolute Gasteiger partial charge is 0.486 e. The summed E-state index contributed by atoms with van der Waals surface area (Å²) in [5, 5.41) is 3.65. The van der Waals surface area contributed by atoms with E-state index in [4.69, 9.17) is 4.74 Å². The van der Waals surface area contributed by atoms with Crippen molar-refractivity contribution in [3.63, 3.8) is 0 Å². The molecular formula is C17H24N2O2. The summed E-state index contributed by atoms with van der Waals surface area (Å²) in [7, 11) is 0. The van der Waals surface area contributed by atoms with Crippen molar-refractivity contribution in [1.82, 2.24) is 10.2 Å². The predicted molar refractivity (Wildman–Crippen MR) is 82.3 cm³/mol. The maximum absolute atomic E-state index is 11.7. The molecule has 0 saturated carbocycles. The highest BCUT2D eigenvalue weighted by molar-refractivity contribution is 5.78. The normalized spacial score (nSPS) is 24.8. The fraction of sp³-hybridized carbons (Fsp3) is 0.588. The molecule has 0 radical (unpaired) electrons. The Kier molecular flexibility index (Phi) is 3.66. The molecule has 2 heterocycles. The van der Waals surface area contributed by atoms with E-state index >= 15 is 0 Å². The first-order valence-electron chi connectivity index (χ1n) is 7.79. The number of carbonyl (C=O) groups excluding carboxylic acids is 1. The number of hydrogen-bond donors (Lipinski definition) is 1. The standard InChI is InChI=1S/C17H24N2O2/c1-12(11-19-10-6-9-15(19)20)18-16-13-7-4-5-8-14(13)21-17(16,2)3/h4-5,7-8,12,16,18H,6,9-11H2,1-3H3. The van der Waals surface area contributed by atoms with Gasteiger partial charge < -0.3 is 15.0 Å². The van der Waals surface area contributed by atoms with Crippen LogP contribution >= 0.6 is 0 Å². The maximum Gasteiger partial charge on any atom is 0.222 e. The van der Waals surface area contributed by atoms with Gasteiger partial charge in [0, 0.05) is 31.1 Å². The van der Waals surface area contributed by atoms with E-state index in [0.29, 0.717) is 6.42 Å². The van der Waals surface area contributed by atoms with Crippen LogP contribution in [0.25, 0.3) is 0 Å². The molecule has 114 valence electrons. The quantitative estimate of drug-likeness (QED) is 0.925. The number of rotatable bonds is 4. The van der Waals surface area contributed by atoms with Crippen molar-refractivity contribution in [2.75, 3.05) is 13.1 Å². The molecule has 1 amide bonds. The number of ether oxygens (including phenoxy) is 1. The highest BCUT2D eigenvalue weighted by atomic mass is 16.5. The van der Waals surface area contributed by atoms with Crippen LogP contribution in [0, 0.1) is 0 Å². The van der Waals surface area contributed by atoms with Gasteiger partial charge in [0.2, 0.25) is 5.91 Å². The number of likely N-dealkylation sites (tertiary alicyclic amines) is 1. The van der Waals surface area contributed by atoms with Crippen molar-refractivity contribution in [3.05, 3.63) is 29.8 Å². The summed E-state index contributed by atoms with van der Waals surface area (Å²) >= 11 is 0. The molecule has 0 aromatic heterocycles. The lowest BCUT2D eigenvalue weighted by Gasteiger charge is -2.31. The van der Waals surface area contributed by atoms with Crippen LogP contribution in [0.3, 0.4) is 0 Å². The first-order valence-corrected chi connectivity index (χ1v) is 7.79. The van der Waals surface area contributed by atoms with Crippen LogP contribution in [-0.4, -0.2) is 35.5 Å². The number of hydrogen-bond acceptors (Lipinski definition) is 3. The number of fused-ring (bicyclic) bond motifs is 1. The Morgan fingerprint density at radius 3 is 2.90 bits per heavy atom. The predicted octanol–water partition coefficient (Wildman–Crippen LogP) is 2.50. The van der Waals surface area contributed by atoms with Crippen molar-refractivity contribution in [3.8, 4) is 5.75 Å². The van der Waals surface area contributed by atoms with Crippen LogP contribution in [0.15, 0.2) is 24.3 Å². The van der Waals surface area contributed by atoms with Gasteiger partial charge in [0.25, 0.3) is 0 Å². The third-order valence-corrected chi connectivity index (χ3v) is 4.42. The Hall–Kier alpha value is -1.55. The fourth-order valence-electron chi connectivity index (χ4n) is 3.38. The topological polar surface area (TPSA) is 41.6 Å². The smallest absolute Gasteiger partial charge is 0.222 e. The maximum atomic E-state index is 11.7. The van der Waals surface area contributed by atoms with Gasteiger partial charge in [-0.2, -0.15) is 0 Å². The summed E-state index contributed by atoms with van der Waals surface area (Å²) in [6.45, 7) is 8.03. The Morgan fingerprint density at radius 1 is 1.43 bits per heavy atom. The van der Waals surface area contributed by atoms with E-state index in [0.717, 1.165) is 25.3 Å². The van der Waals surface area contributed by atoms with Gasteiger partial charge in [-0.15, -0.1) is 0 Å². The Balaban J connectivity index is 1.70. The van der Waals surface area contributed by atoms with Gasteiger partial charge in [-0.25, -0.2) is 0 Å². The van der Waals surface area contributed by atoms with E-state index in [1.165, 1.54) is 5.56 Å². The van der Waals surface area contributed by atoms with Crippen molar-refractivity contribution < 1.29 is 9.53 Å². The number of benzene rings is 1. The van der Waals surface area contributed by atoms with E-state index in [-0.39, 0.29) is 23.6 Å². The molecule has 0 bridgehead atoms. The Bertz CT molecular complexity index is 541. The molecule has 0 spiro atoms. The van der Waals surface area contributed by atoms with Crippen LogP contribution < -0.4 is 10.1 Å². The minimum atomic E-state index is -0.271. The summed E-state index contributed by atoms with van der Waals surface area (Å²) in [6, 6.07) is 8.59. The summed E-state index contributed by atoms with van der Waals surface area (Å²) in [5.74, 6) is 1.25. The SMILES string of the molecule is CC(CN1CCCC1=O)NC1c2ccccc2OC1(C)C. The van der Waals surface area contributed by atoms with E-state index in [1.807, 2.05) is 23.1 Å². The average Bonchev–Trinajstić information content (AvgIpc) is 2.92. The monoisotopic (exact) mass is 288 g/mol. The number of amides is 1. The van der Waals surface area contributed by atoms with Crippen LogP contribution in [0.2, 0.25) is 0 Å². The fourth-order valence-corrected chi connectivity index (χ4v) is 3.38. The van der Waals surface area contributed by atoms with E-state index in [9.17, 15) is 4.79 Å². The highest BCUT2D eigenvalue weighted by Crippen LogP contribution is 2.42. The van der Waals surface area contributed by atoms with Gasteiger partial charge in [0.05, 0.1) is 6.04 Å². The van der Waals surface area contributed by atoms with Gasteiger partial charge in [0.1, 0.15) is 11.4 Å². The van der Waals surface area contributed by atoms with Crippen molar-refractivity contribution in [2.24, 2.45) is 0 Å². The number of nitrogens with one attached hydrogen (secondary N) is 1. The molecule has 2 aliphatic rings. The van der Waals surface area contributed by atoms with Gasteiger partial charge in [0.15, 0.2) is 0 Å². The molecule has 1 aromatic rings. The lowest BCUT2D eigenvalue weighted by molar-refractivity contribution is -0.128. The molecule has 1 fully saturated rings. The molecule has 21 heavy (non-hydrogen) atoms. The van der Waals surface area contributed by atoms with E-state index < -0.39 is 0 Å². The second-order valence-corrected chi connectivity index (χ2v) is 6.69. The average molecular weight is 288 g/mol. The molecule has 2 unspecified atom stereocenters. The Morgan fingerprint density at radius 2 is 2.19 bits per heavy atom. The molecule has 3 rings (SSSR count). The van der Waals surface area contributed by atoms with Crippen molar-refractivity contribution in [1.29, 1.82) is 0 Å². The van der Waals surface area contributed by atoms with Crippen LogP contribution in [0.1, 0.15) is 45.2 Å². The zero-order valence-corrected chi connectivity index (χ0v) is 13.1. The highest BCUT2D eigenvalue weighted by Gasteiger charge is 2.41.